The minimum atomic E-state index is -0.0848. The zero-order valence-electron chi connectivity index (χ0n) is 17.7. The minimum absolute atomic E-state index is 0.0848. The van der Waals surface area contributed by atoms with Crippen LogP contribution in [-0.2, 0) is 0 Å². The van der Waals surface area contributed by atoms with Gasteiger partial charge >= 0.3 is 0 Å². The molecule has 0 bridgehead atoms. The molecule has 4 N–H and O–H groups in total. The van der Waals surface area contributed by atoms with Gasteiger partial charge in [-0.3, -0.25) is 0 Å². The predicted octanol–water partition coefficient (Wildman–Crippen LogP) is -0.331. The second kappa shape index (κ2) is 14.7. The fourth-order valence-electron chi connectivity index (χ4n) is 3.70. The van der Waals surface area contributed by atoms with Gasteiger partial charge in [-0.1, -0.05) is 13.8 Å². The molecule has 0 saturated carbocycles. The zero-order chi connectivity index (χ0) is 20.0. The Labute approximate surface area is 166 Å². The number of aliphatic hydroxyl groups is 3. The van der Waals surface area contributed by atoms with E-state index in [1.807, 2.05) is 0 Å². The molecule has 0 spiro atoms. The highest BCUT2D eigenvalue weighted by Gasteiger charge is 2.21. The van der Waals surface area contributed by atoms with Crippen LogP contribution in [-0.4, -0.2) is 122 Å². The quantitative estimate of drug-likeness (QED) is 0.475. The van der Waals surface area contributed by atoms with Gasteiger partial charge in [0.05, 0.1) is 13.2 Å². The molecule has 0 amide bonds. The molecule has 0 aromatic rings. The highest BCUT2D eigenvalue weighted by atomic mass is 16.3. The van der Waals surface area contributed by atoms with E-state index in [4.69, 9.17) is 0 Å². The van der Waals surface area contributed by atoms with Crippen molar-refractivity contribution in [1.82, 2.24) is 20.0 Å². The Kier molecular flexibility index (Phi) is 13.5. The molecule has 162 valence electrons. The van der Waals surface area contributed by atoms with E-state index in [0.717, 1.165) is 91.3 Å². The van der Waals surface area contributed by atoms with Crippen LogP contribution in [0.3, 0.4) is 0 Å². The normalized spacial score (nSPS) is 21.7. The van der Waals surface area contributed by atoms with Crippen LogP contribution in [0.15, 0.2) is 0 Å². The molecular formula is C20H44N4O3. The summed E-state index contributed by atoms with van der Waals surface area (Å²) in [5, 5.41) is 31.8. The molecule has 1 aliphatic heterocycles. The summed E-state index contributed by atoms with van der Waals surface area (Å²) in [5.41, 5.74) is -0.0848. The van der Waals surface area contributed by atoms with E-state index in [0.29, 0.717) is 0 Å². The maximum absolute atomic E-state index is 9.61. The van der Waals surface area contributed by atoms with Crippen molar-refractivity contribution >= 4 is 0 Å². The average Bonchev–Trinajstić information content (AvgIpc) is 2.64. The van der Waals surface area contributed by atoms with Gasteiger partial charge in [-0.05, 0) is 58.5 Å². The number of nitrogens with zero attached hydrogens (tertiary/aromatic N) is 3. The number of hydrogen-bond acceptors (Lipinski definition) is 7. The SMILES string of the molecule is CC(C)(CO)CN1CCCN(CCO)CCCN(CCO)CCCNCC1. The van der Waals surface area contributed by atoms with Gasteiger partial charge in [0.1, 0.15) is 0 Å². The summed E-state index contributed by atoms with van der Waals surface area (Å²) < 4.78 is 0. The van der Waals surface area contributed by atoms with E-state index in [9.17, 15) is 15.3 Å². The van der Waals surface area contributed by atoms with Crippen LogP contribution in [0.1, 0.15) is 33.1 Å². The maximum Gasteiger partial charge on any atom is 0.0558 e. The van der Waals surface area contributed by atoms with Crippen molar-refractivity contribution in [2.24, 2.45) is 5.41 Å². The van der Waals surface area contributed by atoms with Gasteiger partial charge in [-0.2, -0.15) is 0 Å². The fraction of sp³-hybridized carbons (Fsp3) is 1.00. The van der Waals surface area contributed by atoms with Crippen LogP contribution in [0.2, 0.25) is 0 Å². The number of aliphatic hydroxyl groups excluding tert-OH is 3. The molecule has 7 heteroatoms. The van der Waals surface area contributed by atoms with Crippen LogP contribution in [0.25, 0.3) is 0 Å². The highest BCUT2D eigenvalue weighted by Crippen LogP contribution is 2.16. The summed E-state index contributed by atoms with van der Waals surface area (Å²) in [4.78, 5) is 7.15. The Morgan fingerprint density at radius 2 is 1.22 bits per heavy atom. The Morgan fingerprint density at radius 1 is 0.704 bits per heavy atom. The topological polar surface area (TPSA) is 82.4 Å². The third-order valence-corrected chi connectivity index (χ3v) is 5.24. The van der Waals surface area contributed by atoms with Crippen LogP contribution in [0.4, 0.5) is 0 Å². The van der Waals surface area contributed by atoms with Gasteiger partial charge in [0.2, 0.25) is 0 Å². The molecule has 0 atom stereocenters. The van der Waals surface area contributed by atoms with Crippen LogP contribution in [0, 0.1) is 5.41 Å². The molecule has 1 saturated heterocycles. The monoisotopic (exact) mass is 388 g/mol. The number of β-amino-alcohol motifs (C(OH)–C–C–N with tert-alkyl or cyclic N) is 2. The third-order valence-electron chi connectivity index (χ3n) is 5.24. The first-order chi connectivity index (χ1) is 13.0. The lowest BCUT2D eigenvalue weighted by molar-refractivity contribution is 0.0990. The summed E-state index contributed by atoms with van der Waals surface area (Å²) in [7, 11) is 0. The number of nitrogens with one attached hydrogen (secondary N) is 1. The van der Waals surface area contributed by atoms with Crippen molar-refractivity contribution in [3.8, 4) is 0 Å². The summed E-state index contributed by atoms with van der Waals surface area (Å²) in [5.74, 6) is 0. The van der Waals surface area contributed by atoms with E-state index in [2.05, 4.69) is 33.9 Å². The largest absolute Gasteiger partial charge is 0.396 e. The first-order valence-corrected chi connectivity index (χ1v) is 10.7. The van der Waals surface area contributed by atoms with Crippen LogP contribution >= 0.6 is 0 Å². The molecule has 0 unspecified atom stereocenters. The third kappa shape index (κ3) is 12.0. The Morgan fingerprint density at radius 3 is 1.74 bits per heavy atom. The first kappa shape index (κ1) is 24.8. The molecular weight excluding hydrogens is 344 g/mol. The molecule has 0 aliphatic carbocycles. The molecule has 0 aromatic carbocycles. The highest BCUT2D eigenvalue weighted by molar-refractivity contribution is 4.74. The molecule has 7 nitrogen and oxygen atoms in total. The van der Waals surface area contributed by atoms with E-state index in [-0.39, 0.29) is 25.2 Å². The van der Waals surface area contributed by atoms with Crippen molar-refractivity contribution < 1.29 is 15.3 Å². The van der Waals surface area contributed by atoms with Gasteiger partial charge in [-0.15, -0.1) is 0 Å². The van der Waals surface area contributed by atoms with Crippen molar-refractivity contribution in [2.45, 2.75) is 33.1 Å². The molecule has 1 fully saturated rings. The first-order valence-electron chi connectivity index (χ1n) is 10.7. The Hall–Kier alpha value is -0.280. The molecule has 1 heterocycles. The summed E-state index contributed by atoms with van der Waals surface area (Å²) in [6, 6.07) is 0. The van der Waals surface area contributed by atoms with E-state index < -0.39 is 0 Å². The van der Waals surface area contributed by atoms with Gasteiger partial charge in [-0.25, -0.2) is 0 Å². The van der Waals surface area contributed by atoms with Crippen LogP contribution < -0.4 is 5.32 Å². The van der Waals surface area contributed by atoms with Crippen molar-refractivity contribution in [3.05, 3.63) is 0 Å². The summed E-state index contributed by atoms with van der Waals surface area (Å²) in [6.45, 7) is 15.2. The summed E-state index contributed by atoms with van der Waals surface area (Å²) >= 11 is 0. The average molecular weight is 389 g/mol. The summed E-state index contributed by atoms with van der Waals surface area (Å²) in [6.07, 6.45) is 3.22. The lowest BCUT2D eigenvalue weighted by Crippen LogP contribution is -2.41. The lowest BCUT2D eigenvalue weighted by Gasteiger charge is -2.32. The second-order valence-electron chi connectivity index (χ2n) is 8.54. The Balaban J connectivity index is 2.62. The van der Waals surface area contributed by atoms with Crippen LogP contribution in [0.5, 0.6) is 0 Å². The zero-order valence-corrected chi connectivity index (χ0v) is 17.7. The molecule has 1 rings (SSSR count). The van der Waals surface area contributed by atoms with Crippen molar-refractivity contribution in [1.29, 1.82) is 0 Å². The fourth-order valence-corrected chi connectivity index (χ4v) is 3.70. The molecule has 0 radical (unpaired) electrons. The van der Waals surface area contributed by atoms with E-state index in [1.54, 1.807) is 0 Å². The molecule has 27 heavy (non-hydrogen) atoms. The second-order valence-corrected chi connectivity index (χ2v) is 8.54. The Bertz CT molecular complexity index is 358. The van der Waals surface area contributed by atoms with Gasteiger partial charge in [0.15, 0.2) is 0 Å². The van der Waals surface area contributed by atoms with Gasteiger partial charge in [0.25, 0.3) is 0 Å². The lowest BCUT2D eigenvalue weighted by atomic mass is 9.94. The number of rotatable bonds is 7. The van der Waals surface area contributed by atoms with Gasteiger partial charge in [0, 0.05) is 44.7 Å². The molecule has 1 aliphatic rings. The van der Waals surface area contributed by atoms with E-state index >= 15 is 0 Å². The standard InChI is InChI=1S/C20H44N4O3/c1-20(2,19-27)18-24-12-5-11-23(15-17-26)10-4-9-22(14-16-25)8-3-6-21-7-13-24/h21,25-27H,3-19H2,1-2H3. The smallest absolute Gasteiger partial charge is 0.0558 e. The van der Waals surface area contributed by atoms with Gasteiger partial charge < -0.3 is 35.3 Å². The molecule has 0 aromatic heterocycles. The maximum atomic E-state index is 9.61. The van der Waals surface area contributed by atoms with Crippen molar-refractivity contribution in [3.63, 3.8) is 0 Å². The van der Waals surface area contributed by atoms with E-state index in [1.165, 1.54) is 0 Å². The minimum Gasteiger partial charge on any atom is -0.396 e. The number of hydrogen-bond donors (Lipinski definition) is 4. The van der Waals surface area contributed by atoms with Crippen molar-refractivity contribution in [2.75, 3.05) is 91.8 Å². The predicted molar refractivity (Wildman–Crippen MR) is 111 cm³/mol.